The van der Waals surface area contributed by atoms with Crippen molar-refractivity contribution in [3.8, 4) is 0 Å². The Labute approximate surface area is 146 Å². The average molecular weight is 352 g/mol. The van der Waals surface area contributed by atoms with E-state index in [1.807, 2.05) is 6.26 Å². The molecule has 0 saturated carbocycles. The van der Waals surface area contributed by atoms with Gasteiger partial charge in [-0.15, -0.1) is 11.3 Å². The molecule has 126 valence electrons. The summed E-state index contributed by atoms with van der Waals surface area (Å²) < 4.78 is 6.12. The van der Waals surface area contributed by atoms with E-state index >= 15 is 0 Å². The summed E-state index contributed by atoms with van der Waals surface area (Å²) in [4.78, 5) is 14.4. The molecule has 2 aromatic heterocycles. The van der Waals surface area contributed by atoms with E-state index in [1.165, 1.54) is 15.8 Å². The minimum absolute atomic E-state index is 0.0697. The highest BCUT2D eigenvalue weighted by molar-refractivity contribution is 7.98. The Balaban J connectivity index is 2.23. The molecule has 1 aliphatic rings. The Kier molecular flexibility index (Phi) is 4.85. The van der Waals surface area contributed by atoms with Gasteiger partial charge in [-0.05, 0) is 39.0 Å². The van der Waals surface area contributed by atoms with Gasteiger partial charge in [0.1, 0.15) is 10.6 Å². The first-order valence-corrected chi connectivity index (χ1v) is 10.3. The van der Waals surface area contributed by atoms with Crippen LogP contribution in [0.2, 0.25) is 0 Å². The fraction of sp³-hybridized carbons (Fsp3) is 0.647. The molecule has 0 aliphatic carbocycles. The van der Waals surface area contributed by atoms with Crippen molar-refractivity contribution in [2.75, 3.05) is 24.2 Å². The second-order valence-electron chi connectivity index (χ2n) is 6.16. The van der Waals surface area contributed by atoms with Gasteiger partial charge in [-0.2, -0.15) is 0 Å². The van der Waals surface area contributed by atoms with Gasteiger partial charge in [0, 0.05) is 24.4 Å². The molecule has 3 heterocycles. The lowest BCUT2D eigenvalue weighted by atomic mass is 9.90. The number of thiophene rings is 1. The van der Waals surface area contributed by atoms with Crippen LogP contribution in [-0.2, 0) is 17.8 Å². The number of thioether (sulfide) groups is 1. The molecule has 0 radical (unpaired) electrons. The predicted octanol–water partition coefficient (Wildman–Crippen LogP) is 4.50. The third-order valence-corrected chi connectivity index (χ3v) is 6.44. The van der Waals surface area contributed by atoms with Gasteiger partial charge in [0.2, 0.25) is 0 Å². The first kappa shape index (κ1) is 17.0. The summed E-state index contributed by atoms with van der Waals surface area (Å²) in [5.41, 5.74) is 1.34. The van der Waals surface area contributed by atoms with Gasteiger partial charge < -0.3 is 9.64 Å². The van der Waals surface area contributed by atoms with Crippen LogP contribution < -0.4 is 4.90 Å². The second kappa shape index (κ2) is 6.57. The van der Waals surface area contributed by atoms with Gasteiger partial charge in [-0.1, -0.05) is 18.7 Å². The van der Waals surface area contributed by atoms with Gasteiger partial charge in [0.25, 0.3) is 0 Å². The molecule has 6 heteroatoms. The Morgan fingerprint density at radius 3 is 2.61 bits per heavy atom. The molecular formula is C17H25N3OS2. The smallest absolute Gasteiger partial charge is 0.190 e. The zero-order chi connectivity index (χ0) is 16.6. The van der Waals surface area contributed by atoms with E-state index in [-0.39, 0.29) is 5.60 Å². The lowest BCUT2D eigenvalue weighted by Crippen LogP contribution is -2.34. The van der Waals surface area contributed by atoms with Crippen molar-refractivity contribution >= 4 is 39.1 Å². The molecule has 0 N–H and O–H groups in total. The number of anilines is 1. The van der Waals surface area contributed by atoms with E-state index in [1.54, 1.807) is 23.1 Å². The largest absolute Gasteiger partial charge is 0.369 e. The lowest BCUT2D eigenvalue weighted by Gasteiger charge is -2.33. The van der Waals surface area contributed by atoms with E-state index in [4.69, 9.17) is 14.7 Å². The Bertz CT molecular complexity index is 711. The molecule has 3 rings (SSSR count). The number of rotatable bonds is 5. The number of fused-ring (bicyclic) bond motifs is 3. The van der Waals surface area contributed by atoms with Crippen LogP contribution in [0.5, 0.6) is 0 Å². The monoisotopic (exact) mass is 351 g/mol. The van der Waals surface area contributed by atoms with E-state index in [9.17, 15) is 0 Å². The van der Waals surface area contributed by atoms with Crippen LogP contribution in [0.1, 0.15) is 44.6 Å². The number of nitrogens with zero attached hydrogens (tertiary/aromatic N) is 3. The standard InChI is InChI=1S/C17H25N3OS2/c1-6-17(4)9-11-12(10-21-17)23-15-13(11)14(20(7-2)8-3)18-16(19-15)22-5/h6-10H2,1-5H3. The Morgan fingerprint density at radius 1 is 1.26 bits per heavy atom. The Hall–Kier alpha value is -0.850. The maximum absolute atomic E-state index is 6.12. The summed E-state index contributed by atoms with van der Waals surface area (Å²) in [6.07, 6.45) is 4.02. The topological polar surface area (TPSA) is 38.2 Å². The van der Waals surface area contributed by atoms with Crippen molar-refractivity contribution in [3.05, 3.63) is 10.4 Å². The molecule has 1 atom stereocenters. The number of aromatic nitrogens is 2. The van der Waals surface area contributed by atoms with E-state index in [0.717, 1.165) is 41.7 Å². The fourth-order valence-electron chi connectivity index (χ4n) is 3.10. The highest BCUT2D eigenvalue weighted by Gasteiger charge is 2.33. The molecule has 1 unspecified atom stereocenters. The third kappa shape index (κ3) is 2.96. The summed E-state index contributed by atoms with van der Waals surface area (Å²) in [5.74, 6) is 1.10. The summed E-state index contributed by atoms with van der Waals surface area (Å²) >= 11 is 3.39. The molecular weight excluding hydrogens is 326 g/mol. The molecule has 0 saturated heterocycles. The minimum Gasteiger partial charge on any atom is -0.369 e. The van der Waals surface area contributed by atoms with Crippen molar-refractivity contribution in [2.45, 2.75) is 57.9 Å². The van der Waals surface area contributed by atoms with Gasteiger partial charge in [0.15, 0.2) is 5.16 Å². The summed E-state index contributed by atoms with van der Waals surface area (Å²) in [5, 5.41) is 2.12. The van der Waals surface area contributed by atoms with Crippen LogP contribution in [0, 0.1) is 0 Å². The number of hydrogen-bond donors (Lipinski definition) is 0. The first-order valence-electron chi connectivity index (χ1n) is 8.30. The minimum atomic E-state index is -0.0697. The SMILES string of the molecule is CCN(CC)c1nc(SC)nc2sc3c(c12)CC(C)(CC)OC3. The molecule has 1 aliphatic heterocycles. The predicted molar refractivity (Wildman–Crippen MR) is 99.9 cm³/mol. The van der Waals surface area contributed by atoms with E-state index in [0.29, 0.717) is 6.61 Å². The summed E-state index contributed by atoms with van der Waals surface area (Å²) in [6.45, 7) is 11.4. The van der Waals surface area contributed by atoms with Gasteiger partial charge in [0.05, 0.1) is 17.6 Å². The van der Waals surface area contributed by atoms with Crippen LogP contribution in [0.3, 0.4) is 0 Å². The van der Waals surface area contributed by atoms with Gasteiger partial charge >= 0.3 is 0 Å². The zero-order valence-corrected chi connectivity index (χ0v) is 16.2. The summed E-state index contributed by atoms with van der Waals surface area (Å²) in [6, 6.07) is 0. The van der Waals surface area contributed by atoms with Crippen LogP contribution >= 0.6 is 23.1 Å². The molecule has 0 amide bonds. The van der Waals surface area contributed by atoms with Crippen molar-refractivity contribution in [3.63, 3.8) is 0 Å². The molecule has 0 spiro atoms. The third-order valence-electron chi connectivity index (χ3n) is 4.79. The maximum Gasteiger partial charge on any atom is 0.190 e. The highest BCUT2D eigenvalue weighted by atomic mass is 32.2. The molecule has 0 aromatic carbocycles. The highest BCUT2D eigenvalue weighted by Crippen LogP contribution is 2.43. The molecule has 4 nitrogen and oxygen atoms in total. The van der Waals surface area contributed by atoms with Crippen molar-refractivity contribution in [2.24, 2.45) is 0 Å². The lowest BCUT2D eigenvalue weighted by molar-refractivity contribution is -0.0542. The Morgan fingerprint density at radius 2 is 2.00 bits per heavy atom. The molecule has 0 bridgehead atoms. The first-order chi connectivity index (χ1) is 11.0. The van der Waals surface area contributed by atoms with Crippen LogP contribution in [0.4, 0.5) is 5.82 Å². The normalized spacial score (nSPS) is 20.7. The summed E-state index contributed by atoms with van der Waals surface area (Å²) in [7, 11) is 0. The quantitative estimate of drug-likeness (QED) is 0.586. The van der Waals surface area contributed by atoms with Crippen molar-refractivity contribution in [1.82, 2.24) is 9.97 Å². The number of ether oxygens (including phenoxy) is 1. The molecule has 23 heavy (non-hydrogen) atoms. The van der Waals surface area contributed by atoms with Crippen LogP contribution in [-0.4, -0.2) is 34.9 Å². The molecule has 2 aromatic rings. The van der Waals surface area contributed by atoms with Crippen LogP contribution in [0.25, 0.3) is 10.2 Å². The van der Waals surface area contributed by atoms with E-state index < -0.39 is 0 Å². The van der Waals surface area contributed by atoms with Crippen molar-refractivity contribution < 1.29 is 4.74 Å². The second-order valence-corrected chi connectivity index (χ2v) is 8.02. The maximum atomic E-state index is 6.12. The zero-order valence-electron chi connectivity index (χ0n) is 14.6. The average Bonchev–Trinajstić information content (AvgIpc) is 2.93. The van der Waals surface area contributed by atoms with Gasteiger partial charge in [-0.25, -0.2) is 9.97 Å². The fourth-order valence-corrected chi connectivity index (χ4v) is 4.62. The molecule has 0 fully saturated rings. The van der Waals surface area contributed by atoms with E-state index in [2.05, 4.69) is 32.6 Å². The van der Waals surface area contributed by atoms with Gasteiger partial charge in [-0.3, -0.25) is 0 Å². The number of hydrogen-bond acceptors (Lipinski definition) is 6. The van der Waals surface area contributed by atoms with Crippen molar-refractivity contribution in [1.29, 1.82) is 0 Å². The van der Waals surface area contributed by atoms with Crippen LogP contribution in [0.15, 0.2) is 5.16 Å².